The van der Waals surface area contributed by atoms with Crippen molar-refractivity contribution >= 4 is 15.9 Å². The average molecular weight is 388 g/mol. The van der Waals surface area contributed by atoms with E-state index in [0.717, 1.165) is 35.9 Å². The van der Waals surface area contributed by atoms with E-state index in [1.165, 1.54) is 0 Å². The minimum atomic E-state index is -4.13. The predicted molar refractivity (Wildman–Crippen MR) is 89.9 cm³/mol. The van der Waals surface area contributed by atoms with E-state index in [9.17, 15) is 22.0 Å². The van der Waals surface area contributed by atoms with Gasteiger partial charge in [0.25, 0.3) is 0 Å². The maximum absolute atomic E-state index is 13.8. The summed E-state index contributed by atoms with van der Waals surface area (Å²) in [5.74, 6) is -1.83. The predicted octanol–water partition coefficient (Wildman–Crippen LogP) is 1.76. The summed E-state index contributed by atoms with van der Waals surface area (Å²) in [4.78, 5) is 13.2. The Morgan fingerprint density at radius 1 is 1.19 bits per heavy atom. The number of hydrogen-bond acceptors (Lipinski definition) is 4. The zero-order valence-electron chi connectivity index (χ0n) is 14.4. The second-order valence-electron chi connectivity index (χ2n) is 6.53. The maximum Gasteiger partial charge on any atom is 0.246 e. The first-order valence-electron chi connectivity index (χ1n) is 8.72. The molecule has 0 spiro atoms. The van der Waals surface area contributed by atoms with E-state index in [-0.39, 0.29) is 38.2 Å². The number of ether oxygens (including phenoxy) is 1. The molecule has 1 unspecified atom stereocenters. The molecule has 9 heteroatoms. The Morgan fingerprint density at radius 2 is 1.92 bits per heavy atom. The van der Waals surface area contributed by atoms with Gasteiger partial charge in [0, 0.05) is 39.2 Å². The van der Waals surface area contributed by atoms with Crippen molar-refractivity contribution in [3.63, 3.8) is 0 Å². The minimum absolute atomic E-state index is 0.0329. The third kappa shape index (κ3) is 4.21. The summed E-state index contributed by atoms with van der Waals surface area (Å²) in [5.41, 5.74) is 0. The fraction of sp³-hybridized carbons (Fsp3) is 0.588. The summed E-state index contributed by atoms with van der Waals surface area (Å²) in [5, 5.41) is 0. The molecule has 2 heterocycles. The minimum Gasteiger partial charge on any atom is -0.378 e. The highest BCUT2D eigenvalue weighted by Gasteiger charge is 2.32. The van der Waals surface area contributed by atoms with Crippen LogP contribution in [0.15, 0.2) is 23.1 Å². The van der Waals surface area contributed by atoms with E-state index < -0.39 is 26.6 Å². The lowest BCUT2D eigenvalue weighted by Gasteiger charge is -2.34. The smallest absolute Gasteiger partial charge is 0.246 e. The number of halogens is 2. The Balaban J connectivity index is 1.57. The van der Waals surface area contributed by atoms with Crippen LogP contribution in [-0.4, -0.2) is 62.4 Å². The molecule has 2 fully saturated rings. The molecule has 0 N–H and O–H groups in total. The van der Waals surface area contributed by atoms with E-state index in [4.69, 9.17) is 4.74 Å². The number of sulfonamides is 1. The number of carbonyl (C=O) groups excluding carboxylic acids is 1. The number of amides is 1. The van der Waals surface area contributed by atoms with Gasteiger partial charge in [-0.2, -0.15) is 4.31 Å². The summed E-state index contributed by atoms with van der Waals surface area (Å²) in [7, 11) is -4.13. The SMILES string of the molecule is O=C(CCC1CCCO1)N1CCN(S(=O)(=O)c2cc(F)ccc2F)CC1. The molecule has 26 heavy (non-hydrogen) atoms. The molecule has 1 aromatic carbocycles. The zero-order chi connectivity index (χ0) is 18.7. The summed E-state index contributed by atoms with van der Waals surface area (Å²) < 4.78 is 58.8. The van der Waals surface area contributed by atoms with Gasteiger partial charge in [0.2, 0.25) is 15.9 Å². The van der Waals surface area contributed by atoms with E-state index in [1.807, 2.05) is 0 Å². The first-order valence-corrected chi connectivity index (χ1v) is 10.2. The van der Waals surface area contributed by atoms with Crippen molar-refractivity contribution in [1.29, 1.82) is 0 Å². The van der Waals surface area contributed by atoms with Gasteiger partial charge >= 0.3 is 0 Å². The highest BCUT2D eigenvalue weighted by molar-refractivity contribution is 7.89. The van der Waals surface area contributed by atoms with Gasteiger partial charge in [-0.1, -0.05) is 0 Å². The van der Waals surface area contributed by atoms with Crippen molar-refractivity contribution in [2.75, 3.05) is 32.8 Å². The third-order valence-corrected chi connectivity index (χ3v) is 6.72. The lowest BCUT2D eigenvalue weighted by Crippen LogP contribution is -2.50. The van der Waals surface area contributed by atoms with Gasteiger partial charge < -0.3 is 9.64 Å². The normalized spacial score (nSPS) is 21.9. The van der Waals surface area contributed by atoms with Crippen molar-refractivity contribution in [3.05, 3.63) is 29.8 Å². The van der Waals surface area contributed by atoms with E-state index >= 15 is 0 Å². The average Bonchev–Trinajstić information content (AvgIpc) is 3.15. The van der Waals surface area contributed by atoms with Gasteiger partial charge in [-0.05, 0) is 37.5 Å². The molecular weight excluding hydrogens is 366 g/mol. The fourth-order valence-electron chi connectivity index (χ4n) is 3.31. The molecule has 0 aromatic heterocycles. The van der Waals surface area contributed by atoms with Crippen LogP contribution >= 0.6 is 0 Å². The Kier molecular flexibility index (Phi) is 5.89. The van der Waals surface area contributed by atoms with Crippen molar-refractivity contribution in [2.45, 2.75) is 36.7 Å². The van der Waals surface area contributed by atoms with Crippen LogP contribution in [0, 0.1) is 11.6 Å². The molecule has 2 aliphatic heterocycles. The number of nitrogens with zero attached hydrogens (tertiary/aromatic N) is 2. The molecule has 0 bridgehead atoms. The first-order chi connectivity index (χ1) is 12.4. The Labute approximate surface area is 151 Å². The van der Waals surface area contributed by atoms with E-state index in [0.29, 0.717) is 18.9 Å². The molecule has 0 radical (unpaired) electrons. The Morgan fingerprint density at radius 3 is 2.58 bits per heavy atom. The number of benzene rings is 1. The lowest BCUT2D eigenvalue weighted by atomic mass is 10.1. The summed E-state index contributed by atoms with van der Waals surface area (Å²) in [6.45, 7) is 1.33. The highest BCUT2D eigenvalue weighted by atomic mass is 32.2. The van der Waals surface area contributed by atoms with Gasteiger partial charge in [0.15, 0.2) is 0 Å². The lowest BCUT2D eigenvalue weighted by molar-refractivity contribution is -0.133. The van der Waals surface area contributed by atoms with Crippen LogP contribution in [0.5, 0.6) is 0 Å². The molecule has 3 rings (SSSR count). The Hall–Kier alpha value is -1.58. The van der Waals surface area contributed by atoms with Crippen LogP contribution < -0.4 is 0 Å². The van der Waals surface area contributed by atoms with Gasteiger partial charge in [-0.15, -0.1) is 0 Å². The molecule has 0 aliphatic carbocycles. The van der Waals surface area contributed by atoms with Crippen LogP contribution in [0.2, 0.25) is 0 Å². The number of piperazine rings is 1. The Bertz CT molecular complexity index is 758. The number of carbonyl (C=O) groups is 1. The van der Waals surface area contributed by atoms with Crippen molar-refractivity contribution in [1.82, 2.24) is 9.21 Å². The van der Waals surface area contributed by atoms with Crippen LogP contribution in [0.1, 0.15) is 25.7 Å². The largest absolute Gasteiger partial charge is 0.378 e. The molecule has 144 valence electrons. The van der Waals surface area contributed by atoms with E-state index in [1.54, 1.807) is 4.90 Å². The number of rotatable bonds is 5. The van der Waals surface area contributed by atoms with E-state index in [2.05, 4.69) is 0 Å². The van der Waals surface area contributed by atoms with Crippen LogP contribution in [-0.2, 0) is 19.6 Å². The van der Waals surface area contributed by atoms with Gasteiger partial charge in [0.05, 0.1) is 6.10 Å². The van der Waals surface area contributed by atoms with Crippen LogP contribution in [0.25, 0.3) is 0 Å². The molecule has 6 nitrogen and oxygen atoms in total. The van der Waals surface area contributed by atoms with Crippen LogP contribution in [0.3, 0.4) is 0 Å². The first kappa shape index (κ1) is 19.2. The molecule has 1 amide bonds. The quantitative estimate of drug-likeness (QED) is 0.771. The monoisotopic (exact) mass is 388 g/mol. The standard InChI is InChI=1S/C17H22F2N2O4S/c18-13-3-5-15(19)16(12-13)26(23,24)21-9-7-20(8-10-21)17(22)6-4-14-2-1-11-25-14/h3,5,12,14H,1-2,4,6-11H2. The van der Waals surface area contributed by atoms with Crippen molar-refractivity contribution < 1.29 is 26.7 Å². The third-order valence-electron chi connectivity index (χ3n) is 4.81. The molecule has 1 atom stereocenters. The molecule has 2 saturated heterocycles. The second kappa shape index (κ2) is 7.98. The topological polar surface area (TPSA) is 66.9 Å². The molecular formula is C17H22F2N2O4S. The zero-order valence-corrected chi connectivity index (χ0v) is 15.2. The van der Waals surface area contributed by atoms with Gasteiger partial charge in [-0.3, -0.25) is 4.79 Å². The second-order valence-corrected chi connectivity index (χ2v) is 8.44. The summed E-state index contributed by atoms with van der Waals surface area (Å²) in [6.07, 6.45) is 3.17. The highest BCUT2D eigenvalue weighted by Crippen LogP contribution is 2.22. The summed E-state index contributed by atoms with van der Waals surface area (Å²) in [6, 6.07) is 2.36. The maximum atomic E-state index is 13.8. The molecule has 0 saturated carbocycles. The van der Waals surface area contributed by atoms with Crippen molar-refractivity contribution in [2.24, 2.45) is 0 Å². The fourth-order valence-corrected chi connectivity index (χ4v) is 4.80. The van der Waals surface area contributed by atoms with Gasteiger partial charge in [-0.25, -0.2) is 17.2 Å². The summed E-state index contributed by atoms with van der Waals surface area (Å²) >= 11 is 0. The van der Waals surface area contributed by atoms with Crippen LogP contribution in [0.4, 0.5) is 8.78 Å². The molecule has 2 aliphatic rings. The van der Waals surface area contributed by atoms with Crippen molar-refractivity contribution in [3.8, 4) is 0 Å². The number of hydrogen-bond donors (Lipinski definition) is 0. The van der Waals surface area contributed by atoms with Gasteiger partial charge in [0.1, 0.15) is 16.5 Å². The molecule has 1 aromatic rings.